The first kappa shape index (κ1) is 16.9. The fraction of sp³-hybridized carbons (Fsp3) is 0.278. The zero-order valence-corrected chi connectivity index (χ0v) is 14.2. The van der Waals surface area contributed by atoms with Crippen molar-refractivity contribution in [2.75, 3.05) is 13.7 Å². The molecule has 0 amide bonds. The van der Waals surface area contributed by atoms with Crippen LogP contribution in [0.1, 0.15) is 17.3 Å². The second-order valence-corrected chi connectivity index (χ2v) is 5.41. The first-order valence-electron chi connectivity index (χ1n) is 7.97. The zero-order chi connectivity index (χ0) is 17.6. The minimum Gasteiger partial charge on any atom is -0.493 e. The molecule has 1 aromatic carbocycles. The Morgan fingerprint density at radius 2 is 1.84 bits per heavy atom. The molecule has 7 heteroatoms. The maximum atomic E-state index is 9.28. The van der Waals surface area contributed by atoms with E-state index in [0.29, 0.717) is 35.4 Å². The fourth-order valence-electron chi connectivity index (χ4n) is 2.43. The molecule has 0 spiro atoms. The minimum absolute atomic E-state index is 0.0166. The highest BCUT2D eigenvalue weighted by atomic mass is 16.5. The van der Waals surface area contributed by atoms with Gasteiger partial charge in [0.25, 0.3) is 0 Å². The summed E-state index contributed by atoms with van der Waals surface area (Å²) >= 11 is 0. The second kappa shape index (κ2) is 7.76. The number of aliphatic hydroxyl groups is 1. The molecule has 0 aliphatic heterocycles. The van der Waals surface area contributed by atoms with Crippen molar-refractivity contribution in [1.29, 1.82) is 0 Å². The van der Waals surface area contributed by atoms with Gasteiger partial charge in [0.15, 0.2) is 23.1 Å². The van der Waals surface area contributed by atoms with E-state index >= 15 is 0 Å². The Kier molecular flexibility index (Phi) is 5.25. The Labute approximate surface area is 145 Å². The number of ether oxygens (including phenoxy) is 2. The predicted octanol–water partition coefficient (Wildman–Crippen LogP) is 2.09. The summed E-state index contributed by atoms with van der Waals surface area (Å²) in [6, 6.07) is 13.1. The van der Waals surface area contributed by atoms with Crippen molar-refractivity contribution in [3.63, 3.8) is 0 Å². The van der Waals surface area contributed by atoms with Crippen LogP contribution >= 0.6 is 0 Å². The molecule has 0 aliphatic rings. The molecule has 2 aromatic heterocycles. The summed E-state index contributed by atoms with van der Waals surface area (Å²) in [6.45, 7) is 2.09. The molecule has 0 saturated carbocycles. The number of hydrogen-bond donors (Lipinski definition) is 1. The van der Waals surface area contributed by atoms with E-state index < -0.39 is 0 Å². The summed E-state index contributed by atoms with van der Waals surface area (Å²) < 4.78 is 12.7. The van der Waals surface area contributed by atoms with Crippen LogP contribution in [0.3, 0.4) is 0 Å². The number of aromatic nitrogens is 4. The lowest BCUT2D eigenvalue weighted by molar-refractivity contribution is 0.276. The zero-order valence-electron chi connectivity index (χ0n) is 14.2. The van der Waals surface area contributed by atoms with E-state index in [1.807, 2.05) is 49.4 Å². The molecule has 2 heterocycles. The SMILES string of the molecule is COc1ccccc1OCc1nc(CCO)n(-c2cccc(C)n2)n1. The molecule has 0 saturated heterocycles. The molecule has 3 rings (SSSR count). The van der Waals surface area contributed by atoms with Crippen LogP contribution in [-0.2, 0) is 13.0 Å². The number of aryl methyl sites for hydroxylation is 1. The Bertz CT molecular complexity index is 848. The van der Waals surface area contributed by atoms with Gasteiger partial charge in [0.1, 0.15) is 12.4 Å². The predicted molar refractivity (Wildman–Crippen MR) is 92.0 cm³/mol. The summed E-state index contributed by atoms with van der Waals surface area (Å²) in [5, 5.41) is 13.8. The van der Waals surface area contributed by atoms with E-state index in [2.05, 4.69) is 15.1 Å². The normalized spacial score (nSPS) is 10.7. The fourth-order valence-corrected chi connectivity index (χ4v) is 2.43. The molecule has 3 aromatic rings. The molecular formula is C18H20N4O3. The monoisotopic (exact) mass is 340 g/mol. The quantitative estimate of drug-likeness (QED) is 0.709. The van der Waals surface area contributed by atoms with Crippen LogP contribution in [0.2, 0.25) is 0 Å². The van der Waals surface area contributed by atoms with Crippen LogP contribution in [0.4, 0.5) is 0 Å². The van der Waals surface area contributed by atoms with Crippen molar-refractivity contribution in [2.24, 2.45) is 0 Å². The molecule has 130 valence electrons. The Balaban J connectivity index is 1.84. The van der Waals surface area contributed by atoms with Gasteiger partial charge < -0.3 is 14.6 Å². The van der Waals surface area contributed by atoms with Crippen molar-refractivity contribution in [3.05, 3.63) is 59.8 Å². The number of hydrogen-bond acceptors (Lipinski definition) is 6. The third kappa shape index (κ3) is 3.95. The average Bonchev–Trinajstić information content (AvgIpc) is 3.03. The summed E-state index contributed by atoms with van der Waals surface area (Å²) in [7, 11) is 1.60. The third-order valence-electron chi connectivity index (χ3n) is 3.57. The van der Waals surface area contributed by atoms with E-state index in [1.165, 1.54) is 0 Å². The van der Waals surface area contributed by atoms with Crippen molar-refractivity contribution in [1.82, 2.24) is 19.7 Å². The van der Waals surface area contributed by atoms with Gasteiger partial charge in [-0.2, -0.15) is 4.68 Å². The van der Waals surface area contributed by atoms with Crippen LogP contribution in [0, 0.1) is 6.92 Å². The summed E-state index contributed by atoms with van der Waals surface area (Å²) in [4.78, 5) is 8.93. The second-order valence-electron chi connectivity index (χ2n) is 5.41. The van der Waals surface area contributed by atoms with Crippen LogP contribution in [-0.4, -0.2) is 38.6 Å². The lowest BCUT2D eigenvalue weighted by atomic mass is 10.3. The van der Waals surface area contributed by atoms with Gasteiger partial charge in [-0.05, 0) is 31.2 Å². The summed E-state index contributed by atoms with van der Waals surface area (Å²) in [6.07, 6.45) is 0.386. The van der Waals surface area contributed by atoms with Crippen molar-refractivity contribution >= 4 is 0 Å². The lowest BCUT2D eigenvalue weighted by Crippen LogP contribution is -2.07. The Hall–Kier alpha value is -2.93. The number of methoxy groups -OCH3 is 1. The van der Waals surface area contributed by atoms with Crippen molar-refractivity contribution < 1.29 is 14.6 Å². The topological polar surface area (TPSA) is 82.3 Å². The van der Waals surface area contributed by atoms with Gasteiger partial charge in [0.05, 0.1) is 13.7 Å². The molecule has 0 atom stereocenters. The highest BCUT2D eigenvalue weighted by molar-refractivity contribution is 5.39. The molecule has 0 aliphatic carbocycles. The molecule has 0 bridgehead atoms. The van der Waals surface area contributed by atoms with Crippen LogP contribution in [0.5, 0.6) is 11.5 Å². The lowest BCUT2D eigenvalue weighted by Gasteiger charge is -2.08. The third-order valence-corrected chi connectivity index (χ3v) is 3.57. The standard InChI is InChI=1S/C18H20N4O3/c1-13-6-5-9-17(19-13)22-18(10-11-23)20-16(21-22)12-25-15-8-4-3-7-14(15)24-2/h3-9,23H,10-12H2,1-2H3. The number of pyridine rings is 1. The first-order valence-corrected chi connectivity index (χ1v) is 7.97. The Morgan fingerprint density at radius 3 is 2.56 bits per heavy atom. The number of aliphatic hydroxyl groups excluding tert-OH is 1. The van der Waals surface area contributed by atoms with E-state index in [4.69, 9.17) is 9.47 Å². The minimum atomic E-state index is -0.0166. The summed E-state index contributed by atoms with van der Waals surface area (Å²) in [5.74, 6) is 3.09. The van der Waals surface area contributed by atoms with Gasteiger partial charge >= 0.3 is 0 Å². The molecule has 0 unspecified atom stereocenters. The van der Waals surface area contributed by atoms with E-state index in [9.17, 15) is 5.11 Å². The molecule has 0 radical (unpaired) electrons. The average molecular weight is 340 g/mol. The van der Waals surface area contributed by atoms with Gasteiger partial charge in [-0.1, -0.05) is 18.2 Å². The van der Waals surface area contributed by atoms with Crippen LogP contribution < -0.4 is 9.47 Å². The molecular weight excluding hydrogens is 320 g/mol. The van der Waals surface area contributed by atoms with Crippen LogP contribution in [0.25, 0.3) is 5.82 Å². The highest BCUT2D eigenvalue weighted by Gasteiger charge is 2.13. The van der Waals surface area contributed by atoms with Gasteiger partial charge in [-0.25, -0.2) is 9.97 Å². The molecule has 1 N–H and O–H groups in total. The van der Waals surface area contributed by atoms with E-state index in [-0.39, 0.29) is 13.2 Å². The number of para-hydroxylation sites is 2. The summed E-state index contributed by atoms with van der Waals surface area (Å²) in [5.41, 5.74) is 0.884. The van der Waals surface area contributed by atoms with Crippen molar-refractivity contribution in [2.45, 2.75) is 20.0 Å². The van der Waals surface area contributed by atoms with Gasteiger partial charge in [-0.3, -0.25) is 0 Å². The van der Waals surface area contributed by atoms with Gasteiger partial charge in [0.2, 0.25) is 0 Å². The number of rotatable bonds is 7. The maximum Gasteiger partial charge on any atom is 0.188 e. The first-order chi connectivity index (χ1) is 12.2. The molecule has 25 heavy (non-hydrogen) atoms. The number of nitrogens with zero attached hydrogens (tertiary/aromatic N) is 4. The van der Waals surface area contributed by atoms with Crippen LogP contribution in [0.15, 0.2) is 42.5 Å². The van der Waals surface area contributed by atoms with Gasteiger partial charge in [0, 0.05) is 12.1 Å². The Morgan fingerprint density at radius 1 is 1.04 bits per heavy atom. The van der Waals surface area contributed by atoms with E-state index in [1.54, 1.807) is 11.8 Å². The van der Waals surface area contributed by atoms with E-state index in [0.717, 1.165) is 5.69 Å². The maximum absolute atomic E-state index is 9.28. The number of benzene rings is 1. The van der Waals surface area contributed by atoms with Gasteiger partial charge in [-0.15, -0.1) is 5.10 Å². The molecule has 0 fully saturated rings. The molecule has 7 nitrogen and oxygen atoms in total. The largest absolute Gasteiger partial charge is 0.493 e. The van der Waals surface area contributed by atoms with Crippen molar-refractivity contribution in [3.8, 4) is 17.3 Å². The smallest absolute Gasteiger partial charge is 0.188 e. The highest BCUT2D eigenvalue weighted by Crippen LogP contribution is 2.26.